The van der Waals surface area contributed by atoms with Gasteiger partial charge in [-0.3, -0.25) is 9.69 Å². The maximum atomic E-state index is 14.7. The first kappa shape index (κ1) is 27.1. The molecule has 0 saturated carbocycles. The maximum Gasteiger partial charge on any atom is 0.327 e. The molecule has 1 aromatic heterocycles. The molecule has 10 nitrogen and oxygen atoms in total. The quantitative estimate of drug-likeness (QED) is 0.526. The fraction of sp³-hybridized carbons (Fsp3) is 0.542. The Hall–Kier alpha value is -2.90. The number of hydrogen-bond donors (Lipinski definition) is 0. The van der Waals surface area contributed by atoms with Crippen LogP contribution >= 0.6 is 0 Å². The molecule has 1 fully saturated rings. The number of halogens is 2. The van der Waals surface area contributed by atoms with Crippen molar-refractivity contribution in [2.24, 2.45) is 5.92 Å². The van der Waals surface area contributed by atoms with Crippen LogP contribution in [0.25, 0.3) is 0 Å². The van der Waals surface area contributed by atoms with Gasteiger partial charge in [0, 0.05) is 23.7 Å². The molecular formula is C24H29F2N3O7S. The van der Waals surface area contributed by atoms with Gasteiger partial charge in [0.05, 0.1) is 43.9 Å². The summed E-state index contributed by atoms with van der Waals surface area (Å²) in [6.07, 6.45) is 1.24. The van der Waals surface area contributed by atoms with Gasteiger partial charge < -0.3 is 14.2 Å². The van der Waals surface area contributed by atoms with E-state index in [1.165, 1.54) is 13.3 Å². The third-order valence-corrected chi connectivity index (χ3v) is 7.31. The van der Waals surface area contributed by atoms with Gasteiger partial charge in [-0.25, -0.2) is 22.0 Å². The van der Waals surface area contributed by atoms with Gasteiger partial charge in [0.15, 0.2) is 0 Å². The lowest BCUT2D eigenvalue weighted by Crippen LogP contribution is -2.48. The fourth-order valence-corrected chi connectivity index (χ4v) is 5.66. The molecule has 0 bridgehead atoms. The van der Waals surface area contributed by atoms with Crippen molar-refractivity contribution in [1.82, 2.24) is 14.1 Å². The van der Waals surface area contributed by atoms with Crippen molar-refractivity contribution in [3.63, 3.8) is 0 Å². The predicted molar refractivity (Wildman–Crippen MR) is 126 cm³/mol. The molecule has 0 unspecified atom stereocenters. The minimum atomic E-state index is -3.75. The summed E-state index contributed by atoms with van der Waals surface area (Å²) < 4.78 is 70.5. The van der Waals surface area contributed by atoms with Crippen molar-refractivity contribution in [2.75, 3.05) is 20.0 Å². The second kappa shape index (κ2) is 9.76. The molecule has 37 heavy (non-hydrogen) atoms. The van der Waals surface area contributed by atoms with E-state index < -0.39 is 63.3 Å². The van der Waals surface area contributed by atoms with Crippen LogP contribution in [0.4, 0.5) is 8.78 Å². The summed E-state index contributed by atoms with van der Waals surface area (Å²) in [5, 5.41) is 3.92. The van der Waals surface area contributed by atoms with Gasteiger partial charge in [0.25, 0.3) is 10.0 Å². The highest BCUT2D eigenvalue weighted by Crippen LogP contribution is 2.43. The third kappa shape index (κ3) is 5.39. The lowest BCUT2D eigenvalue weighted by Gasteiger charge is -2.41. The van der Waals surface area contributed by atoms with Crippen molar-refractivity contribution in [3.05, 3.63) is 52.9 Å². The molecule has 0 amide bonds. The molecule has 0 spiro atoms. The molecule has 1 saturated heterocycles. The van der Waals surface area contributed by atoms with Crippen molar-refractivity contribution in [2.45, 2.75) is 57.5 Å². The molecule has 202 valence electrons. The highest BCUT2D eigenvalue weighted by molar-refractivity contribution is 7.89. The number of nitrogens with zero attached hydrogens (tertiary/aromatic N) is 3. The number of rotatable bonds is 5. The number of carbonyl (C=O) groups excluding carboxylic acids is 2. The summed E-state index contributed by atoms with van der Waals surface area (Å²) in [6, 6.07) is 1.34. The van der Waals surface area contributed by atoms with E-state index in [-0.39, 0.29) is 25.1 Å². The van der Waals surface area contributed by atoms with Crippen LogP contribution in [0.1, 0.15) is 56.2 Å². The lowest BCUT2D eigenvalue weighted by atomic mass is 9.86. The molecule has 4 rings (SSSR count). The number of methoxy groups -OCH3 is 1. The number of fused-ring (bicyclic) bond motifs is 1. The van der Waals surface area contributed by atoms with Gasteiger partial charge in [0.2, 0.25) is 0 Å². The topological polar surface area (TPSA) is 117 Å². The van der Waals surface area contributed by atoms with Crippen molar-refractivity contribution >= 4 is 22.0 Å². The second-order valence-electron chi connectivity index (χ2n) is 10.2. The van der Waals surface area contributed by atoms with E-state index in [0.717, 1.165) is 28.5 Å². The van der Waals surface area contributed by atoms with Crippen LogP contribution in [0, 0.1) is 17.6 Å². The largest absolute Gasteiger partial charge is 0.468 e. The van der Waals surface area contributed by atoms with Gasteiger partial charge >= 0.3 is 11.9 Å². The second-order valence-corrected chi connectivity index (χ2v) is 12.0. The molecule has 3 heterocycles. The first-order valence-corrected chi connectivity index (χ1v) is 13.5. The van der Waals surface area contributed by atoms with E-state index in [9.17, 15) is 26.8 Å². The monoisotopic (exact) mass is 541 g/mol. The lowest BCUT2D eigenvalue weighted by molar-refractivity contribution is -0.175. The highest BCUT2D eigenvalue weighted by Gasteiger charge is 2.48. The zero-order chi connectivity index (χ0) is 27.3. The first-order chi connectivity index (χ1) is 17.2. The molecular weight excluding hydrogens is 512 g/mol. The SMILES string of the molecule is COC(=O)[C@@H]1c2cnn(S(C)(=O)=O)c2CN1[C@H]1CO[C@@H](c2cc(F)ccc2F)[C@@H](C(=O)OC(C)(C)C)C1. The number of esters is 2. The average molecular weight is 542 g/mol. The molecule has 0 aliphatic carbocycles. The Morgan fingerprint density at radius 1 is 1.16 bits per heavy atom. The smallest absolute Gasteiger partial charge is 0.327 e. The Balaban J connectivity index is 1.70. The molecule has 13 heteroatoms. The van der Waals surface area contributed by atoms with Crippen molar-refractivity contribution in [3.8, 4) is 0 Å². The van der Waals surface area contributed by atoms with Crippen LogP contribution in [0.2, 0.25) is 0 Å². The third-order valence-electron chi connectivity index (χ3n) is 6.37. The standard InChI is InChI=1S/C24H29F2N3O7S/c1-24(2,3)36-22(30)16-9-14(12-35-21(16)15-8-13(25)6-7-18(15)26)28-11-19-17(20(28)23(31)34-4)10-27-29(19)37(5,32)33/h6-8,10,14,16,20-21H,9,11-12H2,1-5H3/t14-,16+,20+,21+/m1/s1. The molecule has 0 N–H and O–H groups in total. The minimum Gasteiger partial charge on any atom is -0.468 e. The van der Waals surface area contributed by atoms with Gasteiger partial charge in [-0.2, -0.15) is 9.19 Å². The normalized spacial score (nSPS) is 24.5. The van der Waals surface area contributed by atoms with Gasteiger partial charge in [-0.05, 0) is 45.4 Å². The Kier molecular flexibility index (Phi) is 7.16. The number of ether oxygens (including phenoxy) is 3. The Morgan fingerprint density at radius 3 is 2.49 bits per heavy atom. The summed E-state index contributed by atoms with van der Waals surface area (Å²) in [7, 11) is -2.54. The average Bonchev–Trinajstić information content (AvgIpc) is 3.38. The van der Waals surface area contributed by atoms with E-state index in [1.54, 1.807) is 25.7 Å². The summed E-state index contributed by atoms with van der Waals surface area (Å²) in [5.41, 5.74) is -0.308. The Morgan fingerprint density at radius 2 is 1.86 bits per heavy atom. The number of benzene rings is 1. The van der Waals surface area contributed by atoms with Gasteiger partial charge in [-0.15, -0.1) is 0 Å². The maximum absolute atomic E-state index is 14.7. The molecule has 4 atom stereocenters. The van der Waals surface area contributed by atoms with Crippen LogP contribution in [0.15, 0.2) is 24.4 Å². The van der Waals surface area contributed by atoms with Crippen molar-refractivity contribution in [1.29, 1.82) is 0 Å². The Bertz CT molecular complexity index is 1320. The van der Waals surface area contributed by atoms with Crippen molar-refractivity contribution < 1.29 is 41.0 Å². The summed E-state index contributed by atoms with van der Waals surface area (Å²) >= 11 is 0. The van der Waals surface area contributed by atoms with Crippen LogP contribution in [-0.2, 0) is 40.4 Å². The van der Waals surface area contributed by atoms with E-state index in [4.69, 9.17) is 14.2 Å². The zero-order valence-electron chi connectivity index (χ0n) is 21.1. The first-order valence-electron chi connectivity index (χ1n) is 11.6. The van der Waals surface area contributed by atoms with Crippen LogP contribution in [0.3, 0.4) is 0 Å². The number of aromatic nitrogens is 2. The van der Waals surface area contributed by atoms with Crippen LogP contribution in [0.5, 0.6) is 0 Å². The van der Waals surface area contributed by atoms with E-state index in [1.807, 2.05) is 0 Å². The molecule has 2 aromatic rings. The minimum absolute atomic E-state index is 0.0101. The van der Waals surface area contributed by atoms with E-state index in [0.29, 0.717) is 11.3 Å². The van der Waals surface area contributed by atoms with Gasteiger partial charge in [0.1, 0.15) is 23.3 Å². The fourth-order valence-electron chi connectivity index (χ4n) is 4.88. The van der Waals surface area contributed by atoms with Crippen LogP contribution in [-0.4, -0.2) is 66.1 Å². The number of carbonyl (C=O) groups is 2. The summed E-state index contributed by atoms with van der Waals surface area (Å²) in [5.74, 6) is -3.76. The Labute approximate surface area is 213 Å². The highest BCUT2D eigenvalue weighted by atomic mass is 32.2. The summed E-state index contributed by atoms with van der Waals surface area (Å²) in [4.78, 5) is 27.7. The summed E-state index contributed by atoms with van der Waals surface area (Å²) in [6.45, 7) is 5.02. The van der Waals surface area contributed by atoms with E-state index >= 15 is 0 Å². The van der Waals surface area contributed by atoms with E-state index in [2.05, 4.69) is 5.10 Å². The number of hydrogen-bond acceptors (Lipinski definition) is 9. The zero-order valence-corrected chi connectivity index (χ0v) is 21.9. The molecule has 0 radical (unpaired) electrons. The van der Waals surface area contributed by atoms with Crippen LogP contribution < -0.4 is 0 Å². The molecule has 2 aliphatic rings. The van der Waals surface area contributed by atoms with Gasteiger partial charge in [-0.1, -0.05) is 0 Å². The molecule has 2 aliphatic heterocycles. The molecule has 1 aromatic carbocycles. The predicted octanol–water partition coefficient (Wildman–Crippen LogP) is 2.49.